The van der Waals surface area contributed by atoms with Crippen molar-refractivity contribution in [3.63, 3.8) is 0 Å². The first-order valence-corrected chi connectivity index (χ1v) is 11.6. The monoisotopic (exact) mass is 515 g/mol. The molecule has 0 aromatic heterocycles. The molecule has 7 heteroatoms. The molecule has 5 nitrogen and oxygen atoms in total. The second-order valence-corrected chi connectivity index (χ2v) is 8.55. The summed E-state index contributed by atoms with van der Waals surface area (Å²) in [6, 6.07) is 24.3. The fraction of sp³-hybridized carbons (Fsp3) is 0.321. The van der Waals surface area contributed by atoms with Crippen molar-refractivity contribution >= 4 is 30.6 Å². The van der Waals surface area contributed by atoms with Crippen LogP contribution in [0.2, 0.25) is 0 Å². The summed E-state index contributed by atoms with van der Waals surface area (Å²) in [6.45, 7) is 9.92. The number of rotatable bonds is 8. The Morgan fingerprint density at radius 3 is 2.03 bits per heavy atom. The number of hydrogen-bond acceptors (Lipinski definition) is 4. The highest BCUT2D eigenvalue weighted by Gasteiger charge is 2.20. The highest BCUT2D eigenvalue weighted by atomic mass is 35.5. The fourth-order valence-corrected chi connectivity index (χ4v) is 4.13. The van der Waals surface area contributed by atoms with Crippen LogP contribution in [-0.2, 0) is 6.61 Å². The van der Waals surface area contributed by atoms with E-state index in [4.69, 9.17) is 14.9 Å². The van der Waals surface area contributed by atoms with E-state index in [1.807, 2.05) is 42.5 Å². The van der Waals surface area contributed by atoms with Gasteiger partial charge in [-0.2, -0.15) is 0 Å². The summed E-state index contributed by atoms with van der Waals surface area (Å²) in [5, 5.41) is 8.64. The number of nitrogens with one attached hydrogen (secondary N) is 1. The molecule has 0 radical (unpaired) electrons. The van der Waals surface area contributed by atoms with Gasteiger partial charge in [-0.05, 0) is 54.8 Å². The molecule has 3 aromatic carbocycles. The molecule has 0 atom stereocenters. The Labute approximate surface area is 221 Å². The van der Waals surface area contributed by atoms with Crippen molar-refractivity contribution in [3.8, 4) is 11.5 Å². The average Bonchev–Trinajstić information content (AvgIpc) is 2.85. The molecule has 35 heavy (non-hydrogen) atoms. The van der Waals surface area contributed by atoms with Crippen molar-refractivity contribution < 1.29 is 9.47 Å². The minimum absolute atomic E-state index is 0. The van der Waals surface area contributed by atoms with Crippen LogP contribution in [0.5, 0.6) is 11.5 Å². The van der Waals surface area contributed by atoms with Crippen LogP contribution < -0.4 is 9.47 Å². The average molecular weight is 517 g/mol. The lowest BCUT2D eigenvalue weighted by atomic mass is 10.1. The maximum absolute atomic E-state index is 8.64. The molecule has 4 rings (SSSR count). The number of piperazine rings is 1. The quantitative estimate of drug-likeness (QED) is 0.306. The van der Waals surface area contributed by atoms with Gasteiger partial charge in [0.15, 0.2) is 0 Å². The number of nitrogens with zero attached hydrogens (tertiary/aromatic N) is 2. The highest BCUT2D eigenvalue weighted by Crippen LogP contribution is 2.22. The van der Waals surface area contributed by atoms with E-state index < -0.39 is 0 Å². The number of halogens is 2. The molecule has 188 valence electrons. The van der Waals surface area contributed by atoms with Crippen LogP contribution in [0.1, 0.15) is 22.3 Å². The molecule has 1 N–H and O–H groups in total. The molecular weight excluding hydrogens is 481 g/mol. The molecule has 0 bridgehead atoms. The smallest absolute Gasteiger partial charge is 0.128 e. The summed E-state index contributed by atoms with van der Waals surface area (Å²) < 4.78 is 11.9. The molecule has 0 saturated carbocycles. The van der Waals surface area contributed by atoms with Crippen molar-refractivity contribution in [1.82, 2.24) is 9.80 Å². The third-order valence-electron chi connectivity index (χ3n) is 6.13. The molecule has 1 aliphatic rings. The van der Waals surface area contributed by atoms with Crippen LogP contribution in [0.15, 0.2) is 72.8 Å². The third kappa shape index (κ3) is 7.89. The first-order valence-electron chi connectivity index (χ1n) is 11.6. The number of para-hydroxylation sites is 1. The Bertz CT molecular complexity index is 1030. The van der Waals surface area contributed by atoms with Crippen molar-refractivity contribution in [3.05, 3.63) is 95.1 Å². The van der Waals surface area contributed by atoms with Gasteiger partial charge in [0.05, 0.1) is 0 Å². The Kier molecular flexibility index (Phi) is 11.4. The topological polar surface area (TPSA) is 48.8 Å². The van der Waals surface area contributed by atoms with E-state index >= 15 is 0 Å². The minimum atomic E-state index is 0. The summed E-state index contributed by atoms with van der Waals surface area (Å²) in [4.78, 5) is 4.57. The van der Waals surface area contributed by atoms with Gasteiger partial charge in [-0.1, -0.05) is 48.5 Å². The number of benzene rings is 3. The van der Waals surface area contributed by atoms with E-state index in [-0.39, 0.29) is 24.8 Å². The van der Waals surface area contributed by atoms with Crippen molar-refractivity contribution in [2.45, 2.75) is 20.5 Å². The molecular formula is C28H35Cl2N3O2. The molecule has 3 aromatic rings. The Hall–Kier alpha value is -2.73. The van der Waals surface area contributed by atoms with Gasteiger partial charge in [-0.25, -0.2) is 0 Å². The van der Waals surface area contributed by atoms with Crippen LogP contribution in [-0.4, -0.2) is 55.0 Å². The second kappa shape index (κ2) is 14.0. The van der Waals surface area contributed by atoms with Gasteiger partial charge in [0.25, 0.3) is 0 Å². The lowest BCUT2D eigenvalue weighted by molar-refractivity contribution is 0.153. The summed E-state index contributed by atoms with van der Waals surface area (Å²) in [6.07, 6.45) is 0. The lowest BCUT2D eigenvalue weighted by Crippen LogP contribution is -2.49. The molecule has 0 aliphatic carbocycles. The summed E-state index contributed by atoms with van der Waals surface area (Å²) >= 11 is 0. The SMILES string of the molecule is Cc1cccc(C)c1OCCN1CCN(C(=N)c2ccc(OCc3ccccc3)cc2)CC1.Cl.Cl. The van der Waals surface area contributed by atoms with Crippen LogP contribution in [0, 0.1) is 19.3 Å². The maximum Gasteiger partial charge on any atom is 0.128 e. The van der Waals surface area contributed by atoms with Gasteiger partial charge in [-0.15, -0.1) is 24.8 Å². The molecule has 0 spiro atoms. The fourth-order valence-electron chi connectivity index (χ4n) is 4.13. The van der Waals surface area contributed by atoms with E-state index in [0.29, 0.717) is 19.0 Å². The van der Waals surface area contributed by atoms with E-state index in [2.05, 4.69) is 54.0 Å². The van der Waals surface area contributed by atoms with Crippen molar-refractivity contribution in [2.24, 2.45) is 0 Å². The Morgan fingerprint density at radius 1 is 0.771 bits per heavy atom. The van der Waals surface area contributed by atoms with E-state index in [1.165, 1.54) is 11.1 Å². The third-order valence-corrected chi connectivity index (χ3v) is 6.13. The van der Waals surface area contributed by atoms with Crippen LogP contribution in [0.4, 0.5) is 0 Å². The lowest BCUT2D eigenvalue weighted by Gasteiger charge is -2.36. The Morgan fingerprint density at radius 2 is 1.40 bits per heavy atom. The second-order valence-electron chi connectivity index (χ2n) is 8.55. The first-order chi connectivity index (χ1) is 16.1. The van der Waals surface area contributed by atoms with Gasteiger partial charge in [-0.3, -0.25) is 10.3 Å². The Balaban J connectivity index is 0.00000216. The largest absolute Gasteiger partial charge is 0.492 e. The minimum Gasteiger partial charge on any atom is -0.492 e. The van der Waals surface area contributed by atoms with E-state index in [9.17, 15) is 0 Å². The molecule has 1 fully saturated rings. The normalized spacial score (nSPS) is 13.4. The predicted octanol–water partition coefficient (Wildman–Crippen LogP) is 5.75. The zero-order chi connectivity index (χ0) is 23.0. The summed E-state index contributed by atoms with van der Waals surface area (Å²) in [5.74, 6) is 2.41. The van der Waals surface area contributed by atoms with Gasteiger partial charge in [0, 0.05) is 38.3 Å². The van der Waals surface area contributed by atoms with Gasteiger partial charge >= 0.3 is 0 Å². The number of aryl methyl sites for hydroxylation is 2. The van der Waals surface area contributed by atoms with Gasteiger partial charge in [0.1, 0.15) is 30.5 Å². The van der Waals surface area contributed by atoms with Gasteiger partial charge < -0.3 is 14.4 Å². The number of ether oxygens (including phenoxy) is 2. The number of amidine groups is 1. The maximum atomic E-state index is 8.64. The number of hydrogen-bond donors (Lipinski definition) is 1. The molecule has 0 unspecified atom stereocenters. The zero-order valence-electron chi connectivity index (χ0n) is 20.4. The predicted molar refractivity (Wildman–Crippen MR) is 148 cm³/mol. The van der Waals surface area contributed by atoms with Crippen LogP contribution >= 0.6 is 24.8 Å². The van der Waals surface area contributed by atoms with Crippen LogP contribution in [0.3, 0.4) is 0 Å². The highest BCUT2D eigenvalue weighted by molar-refractivity contribution is 5.96. The molecule has 0 amide bonds. The standard InChI is InChI=1S/C28H33N3O2.2ClH/c1-22-7-6-8-23(2)27(22)32-20-19-30-15-17-31(18-16-30)28(29)25-11-13-26(14-12-25)33-21-24-9-4-3-5-10-24;;/h3-14,29H,15-21H2,1-2H3;2*1H. The molecule has 1 aliphatic heterocycles. The van der Waals surface area contributed by atoms with E-state index in [1.54, 1.807) is 0 Å². The van der Waals surface area contributed by atoms with Crippen LogP contribution in [0.25, 0.3) is 0 Å². The van der Waals surface area contributed by atoms with Crippen molar-refractivity contribution in [1.29, 1.82) is 5.41 Å². The summed E-state index contributed by atoms with van der Waals surface area (Å²) in [7, 11) is 0. The van der Waals surface area contributed by atoms with E-state index in [0.717, 1.165) is 55.3 Å². The summed E-state index contributed by atoms with van der Waals surface area (Å²) in [5.41, 5.74) is 4.44. The zero-order valence-corrected chi connectivity index (χ0v) is 22.0. The molecule has 1 heterocycles. The van der Waals surface area contributed by atoms with Crippen molar-refractivity contribution in [2.75, 3.05) is 39.3 Å². The molecule has 1 saturated heterocycles. The van der Waals surface area contributed by atoms with Gasteiger partial charge in [0.2, 0.25) is 0 Å². The first kappa shape index (κ1) is 28.5.